The Hall–Kier alpha value is -2.10. The minimum Gasteiger partial charge on any atom is -0.480 e. The number of amides is 2. The first-order valence-electron chi connectivity index (χ1n) is 5.60. The summed E-state index contributed by atoms with van der Waals surface area (Å²) in [5, 5.41) is 10.9. The van der Waals surface area contributed by atoms with Crippen LogP contribution in [0, 0.1) is 0 Å². The van der Waals surface area contributed by atoms with Crippen molar-refractivity contribution in [1.82, 2.24) is 5.32 Å². The molecule has 0 bridgehead atoms. The molecule has 0 aliphatic carbocycles. The van der Waals surface area contributed by atoms with Crippen molar-refractivity contribution in [2.45, 2.75) is 24.0 Å². The minimum absolute atomic E-state index is 0.130. The van der Waals surface area contributed by atoms with Crippen molar-refractivity contribution in [2.24, 2.45) is 5.73 Å². The molecule has 1 aromatic rings. The van der Waals surface area contributed by atoms with Crippen molar-refractivity contribution >= 4 is 29.5 Å². The summed E-state index contributed by atoms with van der Waals surface area (Å²) in [6.45, 7) is 0. The van der Waals surface area contributed by atoms with Gasteiger partial charge < -0.3 is 20.6 Å². The van der Waals surface area contributed by atoms with Crippen LogP contribution in [0.25, 0.3) is 0 Å². The number of alkyl halides is 2. The second-order valence-corrected chi connectivity index (χ2v) is 4.85. The Morgan fingerprint density at radius 1 is 1.38 bits per heavy atom. The van der Waals surface area contributed by atoms with Crippen molar-refractivity contribution in [3.8, 4) is 0 Å². The standard InChI is InChI=1S/C11H12F2N2O5S/c12-11(13)21-4-5-1-2-7(20-5)9(17)15-6(10(18)19)3-8(14)16/h1-2,6,11H,3-4H2,(H2,14,16)(H,15,17)(H,18,19). The van der Waals surface area contributed by atoms with Gasteiger partial charge in [-0.3, -0.25) is 9.59 Å². The first-order chi connectivity index (χ1) is 9.79. The summed E-state index contributed by atoms with van der Waals surface area (Å²) >= 11 is 0.323. The highest BCUT2D eigenvalue weighted by molar-refractivity contribution is 7.98. The van der Waals surface area contributed by atoms with E-state index in [0.717, 1.165) is 0 Å². The number of nitrogens with one attached hydrogen (secondary N) is 1. The van der Waals surface area contributed by atoms with Crippen LogP contribution in [0.4, 0.5) is 8.78 Å². The summed E-state index contributed by atoms with van der Waals surface area (Å²) in [5.74, 6) is -5.99. The maximum Gasteiger partial charge on any atom is 0.326 e. The van der Waals surface area contributed by atoms with Crippen molar-refractivity contribution in [3.63, 3.8) is 0 Å². The zero-order valence-corrected chi connectivity index (χ0v) is 11.4. The van der Waals surface area contributed by atoms with Gasteiger partial charge in [0.05, 0.1) is 12.2 Å². The monoisotopic (exact) mass is 322 g/mol. The number of rotatable bonds is 8. The van der Waals surface area contributed by atoms with Crippen LogP contribution in [-0.2, 0) is 15.3 Å². The maximum absolute atomic E-state index is 12.0. The van der Waals surface area contributed by atoms with E-state index in [-0.39, 0.29) is 17.3 Å². The molecule has 10 heteroatoms. The Bertz CT molecular complexity index is 534. The van der Waals surface area contributed by atoms with Crippen molar-refractivity contribution < 1.29 is 32.7 Å². The molecule has 1 unspecified atom stereocenters. The normalized spacial score (nSPS) is 12.1. The molecule has 0 radical (unpaired) electrons. The van der Waals surface area contributed by atoms with Gasteiger partial charge in [-0.05, 0) is 12.1 Å². The lowest BCUT2D eigenvalue weighted by molar-refractivity contribution is -0.140. The van der Waals surface area contributed by atoms with E-state index in [1.807, 2.05) is 0 Å². The third kappa shape index (κ3) is 5.81. The second kappa shape index (κ2) is 7.62. The highest BCUT2D eigenvalue weighted by atomic mass is 32.2. The summed E-state index contributed by atoms with van der Waals surface area (Å²) in [4.78, 5) is 33.3. The number of carboxylic acid groups (broad SMARTS) is 1. The largest absolute Gasteiger partial charge is 0.480 e. The molecule has 0 saturated carbocycles. The number of carbonyl (C=O) groups is 3. The van der Waals surface area contributed by atoms with E-state index in [1.165, 1.54) is 12.1 Å². The molecule has 0 aliphatic heterocycles. The Balaban J connectivity index is 2.65. The van der Waals surface area contributed by atoms with Crippen molar-refractivity contribution in [1.29, 1.82) is 0 Å². The highest BCUT2D eigenvalue weighted by Gasteiger charge is 2.24. The Morgan fingerprint density at radius 2 is 2.05 bits per heavy atom. The first-order valence-corrected chi connectivity index (χ1v) is 6.65. The van der Waals surface area contributed by atoms with E-state index in [9.17, 15) is 23.2 Å². The van der Waals surface area contributed by atoms with Gasteiger partial charge in [-0.2, -0.15) is 8.78 Å². The van der Waals surface area contributed by atoms with Gasteiger partial charge in [0.1, 0.15) is 11.8 Å². The van der Waals surface area contributed by atoms with Gasteiger partial charge in [-0.15, -0.1) is 0 Å². The molecule has 0 aromatic carbocycles. The molecule has 1 heterocycles. The molecular weight excluding hydrogens is 310 g/mol. The molecular formula is C11H12F2N2O5S. The summed E-state index contributed by atoms with van der Waals surface area (Å²) in [6, 6.07) is 1.06. The summed E-state index contributed by atoms with van der Waals surface area (Å²) < 4.78 is 29.0. The Kier molecular flexibility index (Phi) is 6.15. The van der Waals surface area contributed by atoms with E-state index >= 15 is 0 Å². The fourth-order valence-electron chi connectivity index (χ4n) is 1.35. The number of primary amides is 1. The third-order valence-corrected chi connectivity index (χ3v) is 2.95. The number of carbonyl (C=O) groups excluding carboxylic acids is 2. The van der Waals surface area contributed by atoms with E-state index < -0.39 is 36.0 Å². The molecule has 0 saturated heterocycles. The van der Waals surface area contributed by atoms with Gasteiger partial charge in [0, 0.05) is 0 Å². The lowest BCUT2D eigenvalue weighted by atomic mass is 10.2. The number of carboxylic acids is 1. The van der Waals surface area contributed by atoms with Gasteiger partial charge in [0.2, 0.25) is 5.91 Å². The fourth-order valence-corrected chi connectivity index (χ4v) is 1.80. The van der Waals surface area contributed by atoms with Crippen LogP contribution < -0.4 is 11.1 Å². The molecule has 1 aromatic heterocycles. The smallest absolute Gasteiger partial charge is 0.326 e. The third-order valence-electron chi connectivity index (χ3n) is 2.25. The molecule has 116 valence electrons. The maximum atomic E-state index is 12.0. The van der Waals surface area contributed by atoms with Crippen molar-refractivity contribution in [3.05, 3.63) is 23.7 Å². The van der Waals surface area contributed by atoms with Crippen LogP contribution in [0.3, 0.4) is 0 Å². The number of nitrogens with two attached hydrogens (primary N) is 1. The molecule has 0 fully saturated rings. The molecule has 2 amide bonds. The summed E-state index contributed by atoms with van der Waals surface area (Å²) in [6.07, 6.45) is -0.574. The number of aliphatic carboxylic acids is 1. The van der Waals surface area contributed by atoms with Gasteiger partial charge in [0.15, 0.2) is 5.76 Å². The van der Waals surface area contributed by atoms with Crippen LogP contribution in [0.15, 0.2) is 16.5 Å². The first kappa shape index (κ1) is 17.0. The van der Waals surface area contributed by atoms with Gasteiger partial charge in [-0.25, -0.2) is 4.79 Å². The van der Waals surface area contributed by atoms with Gasteiger partial charge in [0.25, 0.3) is 11.7 Å². The van der Waals surface area contributed by atoms with Gasteiger partial charge >= 0.3 is 5.97 Å². The van der Waals surface area contributed by atoms with Crippen molar-refractivity contribution in [2.75, 3.05) is 0 Å². The molecule has 7 nitrogen and oxygen atoms in total. The van der Waals surface area contributed by atoms with Crippen LogP contribution in [-0.4, -0.2) is 34.7 Å². The lowest BCUT2D eigenvalue weighted by Gasteiger charge is -2.11. The van der Waals surface area contributed by atoms with E-state index in [2.05, 4.69) is 5.32 Å². The number of halogens is 2. The Labute approximate surface area is 121 Å². The van der Waals surface area contributed by atoms with Crippen LogP contribution in [0.2, 0.25) is 0 Å². The second-order valence-electron chi connectivity index (χ2n) is 3.87. The lowest BCUT2D eigenvalue weighted by Crippen LogP contribution is -2.43. The number of hydrogen-bond acceptors (Lipinski definition) is 5. The molecule has 0 aliphatic rings. The number of furan rings is 1. The molecule has 0 spiro atoms. The fraction of sp³-hybridized carbons (Fsp3) is 0.364. The van der Waals surface area contributed by atoms with Crippen LogP contribution >= 0.6 is 11.8 Å². The molecule has 21 heavy (non-hydrogen) atoms. The summed E-state index contributed by atoms with van der Waals surface area (Å²) in [5.41, 5.74) is 4.87. The number of thioether (sulfide) groups is 1. The quantitative estimate of drug-likeness (QED) is 0.650. The summed E-state index contributed by atoms with van der Waals surface area (Å²) in [7, 11) is 0. The van der Waals surface area contributed by atoms with E-state index in [0.29, 0.717) is 11.8 Å². The van der Waals surface area contributed by atoms with Gasteiger partial charge in [-0.1, -0.05) is 11.8 Å². The van der Waals surface area contributed by atoms with E-state index in [1.54, 1.807) is 0 Å². The highest BCUT2D eigenvalue weighted by Crippen LogP contribution is 2.21. The van der Waals surface area contributed by atoms with E-state index in [4.69, 9.17) is 15.3 Å². The minimum atomic E-state index is -2.57. The molecule has 1 rings (SSSR count). The predicted molar refractivity (Wildman–Crippen MR) is 68.7 cm³/mol. The van der Waals surface area contributed by atoms with Crippen LogP contribution in [0.5, 0.6) is 0 Å². The SMILES string of the molecule is NC(=O)CC(NC(=O)c1ccc(CSC(F)F)o1)C(=O)O. The zero-order valence-electron chi connectivity index (χ0n) is 10.5. The average molecular weight is 322 g/mol. The number of hydrogen-bond donors (Lipinski definition) is 3. The topological polar surface area (TPSA) is 123 Å². The molecule has 4 N–H and O–H groups in total. The molecule has 1 atom stereocenters. The average Bonchev–Trinajstić information content (AvgIpc) is 2.83. The van der Waals surface area contributed by atoms with Crippen LogP contribution in [0.1, 0.15) is 22.7 Å². The Morgan fingerprint density at radius 3 is 2.57 bits per heavy atom. The zero-order chi connectivity index (χ0) is 16.0. The predicted octanol–water partition coefficient (Wildman–Crippen LogP) is 0.794.